The van der Waals surface area contributed by atoms with Crippen molar-refractivity contribution in [3.8, 4) is 0 Å². The molecule has 4 heterocycles. The van der Waals surface area contributed by atoms with E-state index in [1.54, 1.807) is 7.11 Å². The second-order valence-corrected chi connectivity index (χ2v) is 7.15. The zero-order valence-corrected chi connectivity index (χ0v) is 15.3. The van der Waals surface area contributed by atoms with Crippen LogP contribution in [0.2, 0.25) is 0 Å². The molecule has 0 spiro atoms. The Morgan fingerprint density at radius 2 is 2.04 bits per heavy atom. The molecule has 2 aromatic heterocycles. The van der Waals surface area contributed by atoms with Crippen LogP contribution in [0.25, 0.3) is 0 Å². The van der Waals surface area contributed by atoms with Gasteiger partial charge in [-0.25, -0.2) is 0 Å². The smallest absolute Gasteiger partial charge is 0.258 e. The van der Waals surface area contributed by atoms with Gasteiger partial charge >= 0.3 is 0 Å². The fourth-order valence-corrected chi connectivity index (χ4v) is 3.86. The van der Waals surface area contributed by atoms with Crippen LogP contribution in [0.15, 0.2) is 23.0 Å². The molecule has 0 unspecified atom stereocenters. The Morgan fingerprint density at radius 3 is 2.73 bits per heavy atom. The highest BCUT2D eigenvalue weighted by Gasteiger charge is 2.41. The third-order valence-corrected chi connectivity index (χ3v) is 5.68. The Morgan fingerprint density at radius 1 is 1.23 bits per heavy atom. The Labute approximate surface area is 153 Å². The highest BCUT2D eigenvalue weighted by Crippen LogP contribution is 2.36. The van der Waals surface area contributed by atoms with Gasteiger partial charge in [0, 0.05) is 58.3 Å². The number of ether oxygens (including phenoxy) is 2. The highest BCUT2D eigenvalue weighted by molar-refractivity contribution is 5.05. The van der Waals surface area contributed by atoms with Gasteiger partial charge in [0.25, 0.3) is 5.89 Å². The van der Waals surface area contributed by atoms with Gasteiger partial charge < -0.3 is 18.9 Å². The maximum atomic E-state index is 5.90. The van der Waals surface area contributed by atoms with Crippen molar-refractivity contribution in [2.75, 3.05) is 40.0 Å². The Hall–Kier alpha value is -1.77. The van der Waals surface area contributed by atoms with Crippen molar-refractivity contribution in [1.29, 1.82) is 0 Å². The van der Waals surface area contributed by atoms with Crippen molar-refractivity contribution < 1.29 is 14.0 Å². The van der Waals surface area contributed by atoms with Gasteiger partial charge in [-0.2, -0.15) is 10.1 Å². The molecule has 0 radical (unpaired) electrons. The van der Waals surface area contributed by atoms with Crippen LogP contribution in [0.5, 0.6) is 0 Å². The predicted octanol–water partition coefficient (Wildman–Crippen LogP) is 1.80. The topological polar surface area (TPSA) is 78.4 Å². The summed E-state index contributed by atoms with van der Waals surface area (Å²) in [4.78, 5) is 7.16. The number of likely N-dealkylation sites (tertiary alicyclic amines) is 1. The third kappa shape index (κ3) is 3.67. The summed E-state index contributed by atoms with van der Waals surface area (Å²) in [6, 6.07) is 1.96. The van der Waals surface area contributed by atoms with Crippen molar-refractivity contribution in [3.63, 3.8) is 0 Å². The fourth-order valence-electron chi connectivity index (χ4n) is 3.86. The van der Waals surface area contributed by atoms with E-state index in [2.05, 4.69) is 15.2 Å². The number of hydrogen-bond donors (Lipinski definition) is 0. The SMILES string of the molecule is COC1(c2nc(C3CCOCC3)no2)CCN(CCn2cccn2)CC1. The first-order valence-electron chi connectivity index (χ1n) is 9.46. The molecule has 0 bridgehead atoms. The lowest BCUT2D eigenvalue weighted by Crippen LogP contribution is -2.44. The summed E-state index contributed by atoms with van der Waals surface area (Å²) in [5.41, 5.74) is -0.460. The van der Waals surface area contributed by atoms with Crippen LogP contribution in [-0.4, -0.2) is 64.8 Å². The molecular weight excluding hydrogens is 334 g/mol. The molecular formula is C18H27N5O3. The summed E-state index contributed by atoms with van der Waals surface area (Å²) in [6.45, 7) is 5.33. The van der Waals surface area contributed by atoms with Crippen LogP contribution < -0.4 is 0 Å². The molecule has 26 heavy (non-hydrogen) atoms. The minimum Gasteiger partial charge on any atom is -0.381 e. The minimum absolute atomic E-state index is 0.337. The summed E-state index contributed by atoms with van der Waals surface area (Å²) in [6.07, 6.45) is 7.45. The lowest BCUT2D eigenvalue weighted by Gasteiger charge is -2.38. The molecule has 0 aromatic carbocycles. The summed E-state index contributed by atoms with van der Waals surface area (Å²) in [5, 5.41) is 8.51. The molecule has 2 aliphatic heterocycles. The fraction of sp³-hybridized carbons (Fsp3) is 0.722. The van der Waals surface area contributed by atoms with E-state index in [-0.39, 0.29) is 0 Å². The maximum absolute atomic E-state index is 5.90. The molecule has 2 aromatic rings. The molecule has 0 atom stereocenters. The summed E-state index contributed by atoms with van der Waals surface area (Å²) >= 11 is 0. The molecule has 2 fully saturated rings. The van der Waals surface area contributed by atoms with E-state index < -0.39 is 5.60 Å². The van der Waals surface area contributed by atoms with E-state index in [9.17, 15) is 0 Å². The third-order valence-electron chi connectivity index (χ3n) is 5.68. The normalized spacial score (nSPS) is 21.9. The highest BCUT2D eigenvalue weighted by atomic mass is 16.5. The maximum Gasteiger partial charge on any atom is 0.258 e. The van der Waals surface area contributed by atoms with E-state index in [1.165, 1.54) is 0 Å². The predicted molar refractivity (Wildman–Crippen MR) is 93.7 cm³/mol. The lowest BCUT2D eigenvalue weighted by atomic mass is 9.90. The molecule has 0 aliphatic carbocycles. The van der Waals surface area contributed by atoms with E-state index in [0.717, 1.165) is 70.9 Å². The van der Waals surface area contributed by atoms with Gasteiger partial charge in [-0.3, -0.25) is 4.68 Å². The zero-order valence-electron chi connectivity index (χ0n) is 15.3. The van der Waals surface area contributed by atoms with Gasteiger partial charge in [0.05, 0.1) is 6.54 Å². The molecule has 2 aliphatic rings. The largest absolute Gasteiger partial charge is 0.381 e. The first-order chi connectivity index (χ1) is 12.8. The Kier molecular flexibility index (Phi) is 5.33. The number of piperidine rings is 1. The van der Waals surface area contributed by atoms with Crippen molar-refractivity contribution in [2.45, 2.75) is 43.7 Å². The van der Waals surface area contributed by atoms with Crippen molar-refractivity contribution in [1.82, 2.24) is 24.8 Å². The molecule has 8 nitrogen and oxygen atoms in total. The lowest BCUT2D eigenvalue weighted by molar-refractivity contribution is -0.0830. The number of hydrogen-bond acceptors (Lipinski definition) is 7. The number of methoxy groups -OCH3 is 1. The number of aromatic nitrogens is 4. The van der Waals surface area contributed by atoms with Gasteiger partial charge in [0.2, 0.25) is 0 Å². The Bertz CT molecular complexity index is 673. The number of nitrogens with zero attached hydrogens (tertiary/aromatic N) is 5. The monoisotopic (exact) mass is 361 g/mol. The summed E-state index contributed by atoms with van der Waals surface area (Å²) in [5.74, 6) is 1.78. The average molecular weight is 361 g/mol. The van der Waals surface area contributed by atoms with Crippen LogP contribution in [0.1, 0.15) is 43.3 Å². The van der Waals surface area contributed by atoms with Crippen LogP contribution in [0.4, 0.5) is 0 Å². The van der Waals surface area contributed by atoms with Crippen molar-refractivity contribution >= 4 is 0 Å². The van der Waals surface area contributed by atoms with E-state index >= 15 is 0 Å². The van der Waals surface area contributed by atoms with Crippen LogP contribution >= 0.6 is 0 Å². The Balaban J connectivity index is 1.37. The first kappa shape index (κ1) is 17.6. The van der Waals surface area contributed by atoms with Crippen LogP contribution in [0, 0.1) is 0 Å². The summed E-state index contributed by atoms with van der Waals surface area (Å²) in [7, 11) is 1.75. The van der Waals surface area contributed by atoms with Gasteiger partial charge in [-0.15, -0.1) is 0 Å². The van der Waals surface area contributed by atoms with Crippen molar-refractivity contribution in [3.05, 3.63) is 30.2 Å². The van der Waals surface area contributed by atoms with Crippen LogP contribution in [-0.2, 0) is 21.6 Å². The average Bonchev–Trinajstić information content (AvgIpc) is 3.40. The zero-order chi connectivity index (χ0) is 17.8. The molecule has 2 saturated heterocycles. The summed E-state index contributed by atoms with van der Waals surface area (Å²) < 4.78 is 18.9. The first-order valence-corrected chi connectivity index (χ1v) is 9.46. The van der Waals surface area contributed by atoms with Crippen molar-refractivity contribution in [2.24, 2.45) is 0 Å². The molecule has 8 heteroatoms. The molecule has 0 N–H and O–H groups in total. The van der Waals surface area contributed by atoms with E-state index in [0.29, 0.717) is 11.8 Å². The van der Waals surface area contributed by atoms with Gasteiger partial charge in [-0.05, 0) is 31.7 Å². The van der Waals surface area contributed by atoms with Crippen LogP contribution in [0.3, 0.4) is 0 Å². The number of rotatable bonds is 6. The quantitative estimate of drug-likeness (QED) is 0.776. The second kappa shape index (κ2) is 7.85. The van der Waals surface area contributed by atoms with Gasteiger partial charge in [0.1, 0.15) is 5.60 Å². The second-order valence-electron chi connectivity index (χ2n) is 7.15. The molecule has 0 amide bonds. The van der Waals surface area contributed by atoms with E-state index in [4.69, 9.17) is 19.0 Å². The van der Waals surface area contributed by atoms with E-state index in [1.807, 2.05) is 23.1 Å². The molecule has 4 rings (SSSR count). The minimum atomic E-state index is -0.460. The standard InChI is InChI=1S/C18H27N5O3/c1-24-18(17-20-16(21-26-17)15-3-13-25-14-4-15)5-9-22(10-6-18)11-12-23-8-2-7-19-23/h2,7-8,15H,3-6,9-14H2,1H3. The van der Waals surface area contributed by atoms with Gasteiger partial charge in [-0.1, -0.05) is 5.16 Å². The molecule has 0 saturated carbocycles. The van der Waals surface area contributed by atoms with Gasteiger partial charge in [0.15, 0.2) is 5.82 Å². The molecule has 142 valence electrons.